The number of rotatable bonds is 1. The van der Waals surface area contributed by atoms with Crippen molar-refractivity contribution in [1.82, 2.24) is 0 Å². The Morgan fingerprint density at radius 3 is 1.95 bits per heavy atom. The first kappa shape index (κ1) is 13.2. The third-order valence-electron chi connectivity index (χ3n) is 3.45. The minimum atomic E-state index is -1.17. The fourth-order valence-electron chi connectivity index (χ4n) is 2.24. The van der Waals surface area contributed by atoms with Gasteiger partial charge in [-0.25, -0.2) is 13.7 Å². The van der Waals surface area contributed by atoms with Crippen LogP contribution in [0.25, 0.3) is 0 Å². The zero-order valence-corrected chi connectivity index (χ0v) is 11.0. The quantitative estimate of drug-likeness (QED) is 0.648. The molecular formula is C15H10F2N2O2. The van der Waals surface area contributed by atoms with Gasteiger partial charge in [0, 0.05) is 5.69 Å². The molecule has 4 nitrogen and oxygen atoms in total. The number of fused-ring (bicyclic) bond motifs is 1. The number of amides is 2. The molecule has 1 aliphatic heterocycles. The first-order valence-electron chi connectivity index (χ1n) is 6.14. The van der Waals surface area contributed by atoms with E-state index in [2.05, 4.69) is 0 Å². The SMILES string of the molecule is Cc1ccc(N2C(=O)c3cc(F)c(F)cc3C2=O)cc1N. The van der Waals surface area contributed by atoms with Crippen LogP contribution in [0.15, 0.2) is 30.3 Å². The highest BCUT2D eigenvalue weighted by Gasteiger charge is 2.38. The van der Waals surface area contributed by atoms with Crippen LogP contribution in [0.1, 0.15) is 26.3 Å². The van der Waals surface area contributed by atoms with Gasteiger partial charge in [0.05, 0.1) is 16.8 Å². The van der Waals surface area contributed by atoms with Crippen molar-refractivity contribution in [2.24, 2.45) is 0 Å². The third-order valence-corrected chi connectivity index (χ3v) is 3.45. The Morgan fingerprint density at radius 1 is 0.952 bits per heavy atom. The van der Waals surface area contributed by atoms with Gasteiger partial charge in [0.2, 0.25) is 0 Å². The molecule has 0 aliphatic carbocycles. The van der Waals surface area contributed by atoms with Crippen LogP contribution in [-0.4, -0.2) is 11.8 Å². The summed E-state index contributed by atoms with van der Waals surface area (Å²) in [5, 5.41) is 0. The van der Waals surface area contributed by atoms with Gasteiger partial charge in [-0.05, 0) is 36.8 Å². The lowest BCUT2D eigenvalue weighted by atomic mass is 10.1. The summed E-state index contributed by atoms with van der Waals surface area (Å²) >= 11 is 0. The minimum absolute atomic E-state index is 0.155. The maximum atomic E-state index is 13.2. The van der Waals surface area contributed by atoms with Crippen LogP contribution in [0.2, 0.25) is 0 Å². The molecule has 6 heteroatoms. The predicted octanol–water partition coefficient (Wildman–Crippen LogP) is 2.66. The van der Waals surface area contributed by atoms with Crippen LogP contribution in [-0.2, 0) is 0 Å². The molecule has 0 aromatic heterocycles. The van der Waals surface area contributed by atoms with E-state index >= 15 is 0 Å². The monoisotopic (exact) mass is 288 g/mol. The Bertz CT molecular complexity index is 762. The Kier molecular flexibility index (Phi) is 2.76. The van der Waals surface area contributed by atoms with Gasteiger partial charge in [0.15, 0.2) is 11.6 Å². The van der Waals surface area contributed by atoms with Crippen molar-refractivity contribution in [3.8, 4) is 0 Å². The average molecular weight is 288 g/mol. The van der Waals surface area contributed by atoms with E-state index in [9.17, 15) is 18.4 Å². The number of halogens is 2. The first-order valence-corrected chi connectivity index (χ1v) is 6.14. The second-order valence-corrected chi connectivity index (χ2v) is 4.80. The van der Waals surface area contributed by atoms with Gasteiger partial charge in [-0.3, -0.25) is 9.59 Å². The lowest BCUT2D eigenvalue weighted by Crippen LogP contribution is -2.29. The van der Waals surface area contributed by atoms with Gasteiger partial charge in [0.1, 0.15) is 0 Å². The Labute approximate surface area is 118 Å². The molecule has 2 amide bonds. The molecule has 3 rings (SSSR count). The van der Waals surface area contributed by atoms with Gasteiger partial charge < -0.3 is 5.73 Å². The fourth-order valence-corrected chi connectivity index (χ4v) is 2.24. The summed E-state index contributed by atoms with van der Waals surface area (Å²) in [4.78, 5) is 25.3. The molecule has 0 saturated heterocycles. The molecule has 21 heavy (non-hydrogen) atoms. The standard InChI is InChI=1S/C15H10F2N2O2/c1-7-2-3-8(4-13(7)18)19-14(20)9-5-11(16)12(17)6-10(9)15(19)21/h2-6H,18H2,1H3. The number of carbonyl (C=O) groups is 2. The summed E-state index contributed by atoms with van der Waals surface area (Å²) < 4.78 is 26.5. The summed E-state index contributed by atoms with van der Waals surface area (Å²) in [7, 11) is 0. The lowest BCUT2D eigenvalue weighted by molar-refractivity contribution is 0.0926. The number of aryl methyl sites for hydroxylation is 1. The molecule has 0 radical (unpaired) electrons. The smallest absolute Gasteiger partial charge is 0.266 e. The number of hydrogen-bond donors (Lipinski definition) is 1. The number of nitrogens with zero attached hydrogens (tertiary/aromatic N) is 1. The molecule has 0 atom stereocenters. The average Bonchev–Trinajstić information content (AvgIpc) is 2.66. The largest absolute Gasteiger partial charge is 0.398 e. The van der Waals surface area contributed by atoms with E-state index in [0.29, 0.717) is 5.69 Å². The van der Waals surface area contributed by atoms with Gasteiger partial charge in [0.25, 0.3) is 11.8 Å². The van der Waals surface area contributed by atoms with Crippen LogP contribution in [0.4, 0.5) is 20.2 Å². The summed E-state index contributed by atoms with van der Waals surface area (Å²) in [6.45, 7) is 1.78. The highest BCUT2D eigenvalue weighted by atomic mass is 19.2. The molecule has 2 aromatic carbocycles. The molecule has 2 N–H and O–H groups in total. The molecule has 106 valence electrons. The van der Waals surface area contributed by atoms with Crippen LogP contribution in [0.3, 0.4) is 0 Å². The number of benzene rings is 2. The second kappa shape index (κ2) is 4.37. The van der Waals surface area contributed by atoms with E-state index in [1.165, 1.54) is 6.07 Å². The number of nitrogen functional groups attached to an aromatic ring is 1. The number of carbonyl (C=O) groups excluding carboxylic acids is 2. The third kappa shape index (κ3) is 1.87. The molecule has 0 unspecified atom stereocenters. The first-order chi connectivity index (χ1) is 9.90. The number of hydrogen-bond acceptors (Lipinski definition) is 3. The van der Waals surface area contributed by atoms with Crippen molar-refractivity contribution in [3.63, 3.8) is 0 Å². The van der Waals surface area contributed by atoms with Crippen LogP contribution < -0.4 is 10.6 Å². The molecule has 1 heterocycles. The Balaban J connectivity index is 2.13. The second-order valence-electron chi connectivity index (χ2n) is 4.80. The van der Waals surface area contributed by atoms with Crippen LogP contribution in [0.5, 0.6) is 0 Å². The van der Waals surface area contributed by atoms with Crippen molar-refractivity contribution < 1.29 is 18.4 Å². The van der Waals surface area contributed by atoms with Crippen molar-refractivity contribution in [2.75, 3.05) is 10.6 Å². The topological polar surface area (TPSA) is 63.4 Å². The Morgan fingerprint density at radius 2 is 1.48 bits per heavy atom. The van der Waals surface area contributed by atoms with Crippen molar-refractivity contribution in [1.29, 1.82) is 0 Å². The zero-order valence-electron chi connectivity index (χ0n) is 11.0. The van der Waals surface area contributed by atoms with Crippen molar-refractivity contribution in [2.45, 2.75) is 6.92 Å². The van der Waals surface area contributed by atoms with E-state index in [1.54, 1.807) is 19.1 Å². The van der Waals surface area contributed by atoms with E-state index in [4.69, 9.17) is 5.73 Å². The summed E-state index contributed by atoms with van der Waals surface area (Å²) in [6, 6.07) is 6.17. The van der Waals surface area contributed by atoms with Crippen molar-refractivity contribution in [3.05, 3.63) is 58.7 Å². The molecular weight excluding hydrogens is 278 g/mol. The van der Waals surface area contributed by atoms with E-state index in [1.807, 2.05) is 0 Å². The molecule has 0 bridgehead atoms. The maximum Gasteiger partial charge on any atom is 0.266 e. The molecule has 0 spiro atoms. The molecule has 2 aromatic rings. The van der Waals surface area contributed by atoms with Gasteiger partial charge >= 0.3 is 0 Å². The molecule has 0 saturated carbocycles. The highest BCUT2D eigenvalue weighted by Crippen LogP contribution is 2.31. The lowest BCUT2D eigenvalue weighted by Gasteiger charge is -2.15. The zero-order chi connectivity index (χ0) is 15.3. The number of nitrogens with two attached hydrogens (primary N) is 1. The fraction of sp³-hybridized carbons (Fsp3) is 0.0667. The normalized spacial score (nSPS) is 13.8. The van der Waals surface area contributed by atoms with Gasteiger partial charge in [-0.15, -0.1) is 0 Å². The maximum absolute atomic E-state index is 13.2. The van der Waals surface area contributed by atoms with Crippen LogP contribution in [0, 0.1) is 18.6 Å². The summed E-state index contributed by atoms with van der Waals surface area (Å²) in [6.07, 6.45) is 0. The highest BCUT2D eigenvalue weighted by molar-refractivity contribution is 6.34. The summed E-state index contributed by atoms with van der Waals surface area (Å²) in [5.74, 6) is -3.73. The predicted molar refractivity (Wildman–Crippen MR) is 73.1 cm³/mol. The molecule has 0 fully saturated rings. The van der Waals surface area contributed by atoms with E-state index in [-0.39, 0.29) is 16.8 Å². The van der Waals surface area contributed by atoms with E-state index in [0.717, 1.165) is 22.6 Å². The Hall–Kier alpha value is -2.76. The molecule has 1 aliphatic rings. The van der Waals surface area contributed by atoms with E-state index < -0.39 is 23.4 Å². The number of imide groups is 1. The summed E-state index contributed by atoms with van der Waals surface area (Å²) in [5.41, 5.74) is 6.94. The van der Waals surface area contributed by atoms with Gasteiger partial charge in [-0.2, -0.15) is 0 Å². The van der Waals surface area contributed by atoms with Crippen molar-refractivity contribution >= 4 is 23.2 Å². The minimum Gasteiger partial charge on any atom is -0.398 e. The van der Waals surface area contributed by atoms with Gasteiger partial charge in [-0.1, -0.05) is 6.07 Å². The van der Waals surface area contributed by atoms with Crippen LogP contribution >= 0.6 is 0 Å². The number of anilines is 2.